The average Bonchev–Trinajstić information content (AvgIpc) is 3.16. The number of nitriles is 1. The number of nitrogens with zero attached hydrogens (tertiary/aromatic N) is 3. The number of methoxy groups -OCH3 is 2. The van der Waals surface area contributed by atoms with Crippen LogP contribution in [0.2, 0.25) is 0 Å². The van der Waals surface area contributed by atoms with Crippen LogP contribution in [0, 0.1) is 29.0 Å². The summed E-state index contributed by atoms with van der Waals surface area (Å²) in [5.74, 6) is 6.14. The fourth-order valence-corrected chi connectivity index (χ4v) is 6.18. The van der Waals surface area contributed by atoms with E-state index in [0.29, 0.717) is 45.0 Å². The molecule has 6 rings (SSSR count). The van der Waals surface area contributed by atoms with Crippen LogP contribution in [0.15, 0.2) is 120 Å². The maximum absolute atomic E-state index is 15.7. The predicted molar refractivity (Wildman–Crippen MR) is 187 cm³/mol. The van der Waals surface area contributed by atoms with E-state index in [1.165, 1.54) is 39.5 Å². The molecule has 0 saturated carbocycles. The maximum atomic E-state index is 15.7. The van der Waals surface area contributed by atoms with Crippen molar-refractivity contribution in [3.63, 3.8) is 0 Å². The van der Waals surface area contributed by atoms with Gasteiger partial charge >= 0.3 is 6.18 Å². The number of alkyl halides is 3. The number of hydrogen-bond donors (Lipinski definition) is 1. The minimum Gasteiger partial charge on any atom is -0.497 e. The molecule has 0 saturated heterocycles. The highest BCUT2D eigenvalue weighted by molar-refractivity contribution is 5.79. The molecule has 1 N–H and O–H groups in total. The van der Waals surface area contributed by atoms with E-state index in [0.717, 1.165) is 6.07 Å². The van der Waals surface area contributed by atoms with Crippen molar-refractivity contribution in [3.8, 4) is 29.4 Å². The third kappa shape index (κ3) is 7.26. The molecule has 0 bridgehead atoms. The van der Waals surface area contributed by atoms with E-state index in [9.17, 15) is 13.2 Å². The minimum absolute atomic E-state index is 0.0943. The number of rotatable bonds is 7. The Balaban J connectivity index is 1.52. The molecule has 0 amide bonds. The Bertz CT molecular complexity index is 2120. The number of pyridine rings is 1. The van der Waals surface area contributed by atoms with Crippen molar-refractivity contribution in [3.05, 3.63) is 160 Å². The molecule has 0 radical (unpaired) electrons. The van der Waals surface area contributed by atoms with Gasteiger partial charge in [0.1, 0.15) is 34.6 Å². The van der Waals surface area contributed by atoms with E-state index >= 15 is 4.39 Å². The van der Waals surface area contributed by atoms with E-state index in [1.807, 2.05) is 36.4 Å². The highest BCUT2D eigenvalue weighted by Crippen LogP contribution is 2.44. The van der Waals surface area contributed by atoms with Gasteiger partial charge in [0.25, 0.3) is 6.02 Å². The van der Waals surface area contributed by atoms with E-state index in [1.54, 1.807) is 60.7 Å². The molecule has 11 heteroatoms. The van der Waals surface area contributed by atoms with Crippen LogP contribution in [0.1, 0.15) is 52.4 Å². The molecule has 2 atom stereocenters. The lowest BCUT2D eigenvalue weighted by Crippen LogP contribution is -2.54. The highest BCUT2D eigenvalue weighted by Gasteiger charge is 2.51. The smallest absolute Gasteiger partial charge is 0.425 e. The fraction of sp³-hybridized carbons (Fsp3) is 0.195. The van der Waals surface area contributed by atoms with Crippen LogP contribution in [0.3, 0.4) is 0 Å². The summed E-state index contributed by atoms with van der Waals surface area (Å²) < 4.78 is 76.3. The molecule has 1 aromatic heterocycles. The van der Waals surface area contributed by atoms with Crippen molar-refractivity contribution in [1.29, 1.82) is 5.26 Å². The minimum atomic E-state index is -4.82. The molecular weight excluding hydrogens is 672 g/mol. The lowest BCUT2D eigenvalue weighted by Gasteiger charge is -2.42. The van der Waals surface area contributed by atoms with Gasteiger partial charge in [0.2, 0.25) is 0 Å². The fourth-order valence-electron chi connectivity index (χ4n) is 6.18. The third-order valence-electron chi connectivity index (χ3n) is 8.87. The second kappa shape index (κ2) is 14.5. The zero-order valence-electron chi connectivity index (χ0n) is 28.3. The molecule has 0 fully saturated rings. The van der Waals surface area contributed by atoms with Crippen molar-refractivity contribution >= 4 is 6.02 Å². The van der Waals surface area contributed by atoms with Crippen LogP contribution in [0.5, 0.6) is 11.5 Å². The number of nitrogens with one attached hydrogen (secondary N) is 1. The molecular formula is C41H32F4N4O3. The summed E-state index contributed by atoms with van der Waals surface area (Å²) in [6.07, 6.45) is -6.49. The number of ether oxygens (including phenoxy) is 3. The molecule has 1 aliphatic rings. The average molecular weight is 705 g/mol. The molecule has 7 nitrogen and oxygen atoms in total. The van der Waals surface area contributed by atoms with Crippen LogP contribution in [-0.4, -0.2) is 37.5 Å². The van der Waals surface area contributed by atoms with Gasteiger partial charge in [0, 0.05) is 23.7 Å². The van der Waals surface area contributed by atoms with Crippen molar-refractivity contribution in [2.75, 3.05) is 14.2 Å². The van der Waals surface area contributed by atoms with Crippen LogP contribution >= 0.6 is 0 Å². The molecule has 5 aromatic rings. The standard InChI is InChI=1S/C41H32F4N4O3/c1-39(35-23-27(11-22-36(35)42)9-16-32-17-10-28(25-46)26-47-32)24-37(41(43,44)45)52-38(48-39)49-40(29-7-5-4-6-8-29,30-12-18-33(50-2)19-13-30)31-14-20-34(51-3)21-15-31/h4-8,10-15,17-23,26,37H,24H2,1-3H3,(H,48,49)/t37-,39-/m0/s1. The molecule has 0 unspecified atom stereocenters. The normalized spacial score (nSPS) is 17.0. The van der Waals surface area contributed by atoms with Crippen molar-refractivity contribution in [1.82, 2.24) is 10.3 Å². The van der Waals surface area contributed by atoms with Crippen LogP contribution in [0.4, 0.5) is 17.6 Å². The van der Waals surface area contributed by atoms with Crippen molar-refractivity contribution in [2.45, 2.75) is 36.7 Å². The van der Waals surface area contributed by atoms with Gasteiger partial charge in [0.05, 0.1) is 25.3 Å². The number of aromatic nitrogens is 1. The van der Waals surface area contributed by atoms with E-state index in [4.69, 9.17) is 24.5 Å². The van der Waals surface area contributed by atoms with E-state index in [2.05, 4.69) is 22.1 Å². The molecule has 0 aliphatic carbocycles. The summed E-state index contributed by atoms with van der Waals surface area (Å²) in [6.45, 7) is 1.44. The van der Waals surface area contributed by atoms with Gasteiger partial charge in [-0.1, -0.05) is 60.5 Å². The summed E-state index contributed by atoms with van der Waals surface area (Å²) in [4.78, 5) is 8.85. The number of amidine groups is 1. The molecule has 1 aliphatic heterocycles. The Morgan fingerprint density at radius 2 is 1.40 bits per heavy atom. The van der Waals surface area contributed by atoms with Gasteiger partial charge in [-0.15, -0.1) is 0 Å². The quantitative estimate of drug-likeness (QED) is 0.105. The summed E-state index contributed by atoms with van der Waals surface area (Å²) >= 11 is 0. The maximum Gasteiger partial charge on any atom is 0.425 e. The van der Waals surface area contributed by atoms with Gasteiger partial charge in [-0.3, -0.25) is 0 Å². The first kappa shape index (κ1) is 35.5. The summed E-state index contributed by atoms with van der Waals surface area (Å²) in [5.41, 5.74) is -0.241. The Hall–Kier alpha value is -6.33. The predicted octanol–water partition coefficient (Wildman–Crippen LogP) is 8.01. The monoisotopic (exact) mass is 704 g/mol. The van der Waals surface area contributed by atoms with E-state index in [-0.39, 0.29) is 5.56 Å². The first-order valence-electron chi connectivity index (χ1n) is 16.1. The largest absolute Gasteiger partial charge is 0.497 e. The van der Waals surface area contributed by atoms with E-state index < -0.39 is 41.6 Å². The summed E-state index contributed by atoms with van der Waals surface area (Å²) in [5, 5.41) is 12.3. The topological polar surface area (TPSA) is 88.8 Å². The van der Waals surface area contributed by atoms with Gasteiger partial charge < -0.3 is 19.5 Å². The second-order valence-electron chi connectivity index (χ2n) is 12.2. The Morgan fingerprint density at radius 1 is 0.808 bits per heavy atom. The van der Waals surface area contributed by atoms with Gasteiger partial charge in [-0.25, -0.2) is 14.4 Å². The molecule has 52 heavy (non-hydrogen) atoms. The lowest BCUT2D eigenvalue weighted by atomic mass is 9.77. The third-order valence-corrected chi connectivity index (χ3v) is 8.87. The summed E-state index contributed by atoms with van der Waals surface area (Å²) in [7, 11) is 3.07. The zero-order chi connectivity index (χ0) is 36.9. The zero-order valence-corrected chi connectivity index (χ0v) is 28.3. The lowest BCUT2D eigenvalue weighted by molar-refractivity contribution is -0.209. The van der Waals surface area contributed by atoms with Crippen molar-refractivity contribution < 1.29 is 31.8 Å². The second-order valence-corrected chi connectivity index (χ2v) is 12.2. The number of hydrogen-bond acceptors (Lipinski definition) is 7. The first-order valence-corrected chi connectivity index (χ1v) is 16.1. The Morgan fingerprint density at radius 3 is 1.94 bits per heavy atom. The molecule has 0 spiro atoms. The van der Waals surface area contributed by atoms with Crippen LogP contribution in [0.25, 0.3) is 0 Å². The first-order chi connectivity index (χ1) is 25.0. The highest BCUT2D eigenvalue weighted by atomic mass is 19.4. The van der Waals surface area contributed by atoms with Gasteiger partial charge in [0.15, 0.2) is 6.10 Å². The number of halogens is 4. The summed E-state index contributed by atoms with van der Waals surface area (Å²) in [6, 6.07) is 32.0. The Labute approximate surface area is 298 Å². The van der Waals surface area contributed by atoms with Gasteiger partial charge in [-0.2, -0.15) is 18.4 Å². The van der Waals surface area contributed by atoms with Crippen LogP contribution < -0.4 is 14.8 Å². The SMILES string of the molecule is COc1ccc(C(NC2=N[C@](C)(c3cc(C#Cc4ccc(C#N)cn4)ccc3F)C[C@@H](C(F)(F)F)O2)(c2ccccc2)c2ccc(OC)cc2)cc1. The Kier molecular flexibility index (Phi) is 9.89. The molecule has 2 heterocycles. The van der Waals surface area contributed by atoms with Gasteiger partial charge in [-0.05, 0) is 84.1 Å². The molecule has 4 aromatic carbocycles. The number of benzene rings is 4. The molecule has 262 valence electrons. The van der Waals surface area contributed by atoms with Crippen LogP contribution in [-0.2, 0) is 15.8 Å². The number of aliphatic imine (C=N–C) groups is 1. The van der Waals surface area contributed by atoms with Crippen molar-refractivity contribution in [2.24, 2.45) is 4.99 Å².